The third kappa shape index (κ3) is 4.05. The van der Waals surface area contributed by atoms with Gasteiger partial charge in [-0.1, -0.05) is 37.3 Å². The molecule has 0 saturated carbocycles. The van der Waals surface area contributed by atoms with E-state index in [0.29, 0.717) is 5.69 Å². The lowest BCUT2D eigenvalue weighted by molar-refractivity contribution is -0.112. The number of carbonyl (C=O) groups is 1. The van der Waals surface area contributed by atoms with E-state index in [1.165, 1.54) is 5.56 Å². The van der Waals surface area contributed by atoms with Crippen molar-refractivity contribution in [2.24, 2.45) is 0 Å². The summed E-state index contributed by atoms with van der Waals surface area (Å²) in [6.45, 7) is 6.08. The van der Waals surface area contributed by atoms with Gasteiger partial charge in [0.2, 0.25) is 0 Å². The minimum atomic E-state index is -0.406. The van der Waals surface area contributed by atoms with Crippen LogP contribution in [0.15, 0.2) is 66.2 Å². The third-order valence-electron chi connectivity index (χ3n) is 4.77. The fourth-order valence-corrected chi connectivity index (χ4v) is 3.23. The number of anilines is 1. The molecule has 1 heterocycles. The van der Waals surface area contributed by atoms with E-state index in [4.69, 9.17) is 0 Å². The van der Waals surface area contributed by atoms with E-state index in [9.17, 15) is 10.1 Å². The van der Waals surface area contributed by atoms with E-state index in [1.807, 2.05) is 80.6 Å². The first-order valence-corrected chi connectivity index (χ1v) is 9.30. The molecule has 0 aliphatic carbocycles. The fraction of sp³-hybridized carbons (Fsp3) is 0.167. The Morgan fingerprint density at radius 1 is 1.11 bits per heavy atom. The van der Waals surface area contributed by atoms with Crippen LogP contribution in [0.1, 0.15) is 29.4 Å². The SMILES string of the molecule is CCc1ccc(NC(=O)/C(C#N)=C\c2cc(C)n(-c3ccccc3)c2C)cc1. The molecular formula is C24H23N3O. The van der Waals surface area contributed by atoms with Crippen molar-refractivity contribution in [2.45, 2.75) is 27.2 Å². The highest BCUT2D eigenvalue weighted by atomic mass is 16.1. The molecule has 4 heteroatoms. The zero-order valence-corrected chi connectivity index (χ0v) is 16.4. The Labute approximate surface area is 165 Å². The number of aryl methyl sites for hydroxylation is 2. The van der Waals surface area contributed by atoms with Crippen molar-refractivity contribution in [3.63, 3.8) is 0 Å². The van der Waals surface area contributed by atoms with Crippen LogP contribution in [-0.4, -0.2) is 10.5 Å². The summed E-state index contributed by atoms with van der Waals surface area (Å²) in [5, 5.41) is 12.3. The van der Waals surface area contributed by atoms with Crippen LogP contribution in [0.2, 0.25) is 0 Å². The molecule has 0 bridgehead atoms. The van der Waals surface area contributed by atoms with Gasteiger partial charge in [0.25, 0.3) is 5.91 Å². The van der Waals surface area contributed by atoms with Crippen molar-refractivity contribution < 1.29 is 4.79 Å². The van der Waals surface area contributed by atoms with Crippen LogP contribution in [0.5, 0.6) is 0 Å². The minimum absolute atomic E-state index is 0.0767. The number of carbonyl (C=O) groups excluding carboxylic acids is 1. The Morgan fingerprint density at radius 3 is 2.39 bits per heavy atom. The highest BCUT2D eigenvalue weighted by Crippen LogP contribution is 2.23. The number of amides is 1. The van der Waals surface area contributed by atoms with Gasteiger partial charge in [-0.05, 0) is 67.8 Å². The number of aromatic nitrogens is 1. The predicted molar refractivity (Wildman–Crippen MR) is 113 cm³/mol. The second-order valence-electron chi connectivity index (χ2n) is 6.67. The van der Waals surface area contributed by atoms with Crippen LogP contribution in [-0.2, 0) is 11.2 Å². The normalized spacial score (nSPS) is 11.1. The van der Waals surface area contributed by atoms with Crippen LogP contribution in [0.25, 0.3) is 11.8 Å². The second-order valence-corrected chi connectivity index (χ2v) is 6.67. The van der Waals surface area contributed by atoms with Gasteiger partial charge in [0.1, 0.15) is 11.6 Å². The smallest absolute Gasteiger partial charge is 0.266 e. The lowest BCUT2D eigenvalue weighted by Crippen LogP contribution is -2.13. The van der Waals surface area contributed by atoms with Crippen LogP contribution in [0, 0.1) is 25.2 Å². The van der Waals surface area contributed by atoms with Crippen molar-refractivity contribution in [1.82, 2.24) is 4.57 Å². The molecule has 3 rings (SSSR count). The number of para-hydroxylation sites is 1. The first-order valence-electron chi connectivity index (χ1n) is 9.30. The van der Waals surface area contributed by atoms with Gasteiger partial charge in [-0.3, -0.25) is 4.79 Å². The molecule has 3 aromatic rings. The number of nitriles is 1. The first-order chi connectivity index (χ1) is 13.5. The van der Waals surface area contributed by atoms with Gasteiger partial charge in [0, 0.05) is 22.8 Å². The highest BCUT2D eigenvalue weighted by molar-refractivity contribution is 6.09. The van der Waals surface area contributed by atoms with Gasteiger partial charge in [-0.2, -0.15) is 5.26 Å². The van der Waals surface area contributed by atoms with Crippen LogP contribution in [0.3, 0.4) is 0 Å². The quantitative estimate of drug-likeness (QED) is 0.496. The summed E-state index contributed by atoms with van der Waals surface area (Å²) in [7, 11) is 0. The monoisotopic (exact) mass is 369 g/mol. The predicted octanol–water partition coefficient (Wildman–Crippen LogP) is 5.20. The molecule has 1 N–H and O–H groups in total. The summed E-state index contributed by atoms with van der Waals surface area (Å²) < 4.78 is 2.11. The van der Waals surface area contributed by atoms with Crippen LogP contribution >= 0.6 is 0 Å². The van der Waals surface area contributed by atoms with E-state index in [-0.39, 0.29) is 5.57 Å². The summed E-state index contributed by atoms with van der Waals surface area (Å²) in [5.41, 5.74) is 5.89. The minimum Gasteiger partial charge on any atom is -0.321 e. The van der Waals surface area contributed by atoms with E-state index in [0.717, 1.165) is 29.1 Å². The average molecular weight is 369 g/mol. The summed E-state index contributed by atoms with van der Waals surface area (Å²) in [4.78, 5) is 12.6. The lowest BCUT2D eigenvalue weighted by atomic mass is 10.1. The Bertz CT molecular complexity index is 1050. The molecule has 2 aromatic carbocycles. The molecule has 0 fully saturated rings. The zero-order chi connectivity index (χ0) is 20.1. The van der Waals surface area contributed by atoms with Crippen molar-refractivity contribution in [3.8, 4) is 11.8 Å². The standard InChI is InChI=1S/C24H23N3O/c1-4-19-10-12-22(13-11-19)26-24(28)21(16-25)15-20-14-17(2)27(18(20)3)23-8-6-5-7-9-23/h5-15H,4H2,1-3H3,(H,26,28)/b21-15-. The maximum absolute atomic E-state index is 12.6. The average Bonchev–Trinajstić information content (AvgIpc) is 3.00. The second kappa shape index (κ2) is 8.41. The van der Waals surface area contributed by atoms with E-state index >= 15 is 0 Å². The fourth-order valence-electron chi connectivity index (χ4n) is 3.23. The molecule has 0 aliphatic rings. The molecule has 0 unspecified atom stereocenters. The van der Waals surface area contributed by atoms with Crippen LogP contribution in [0.4, 0.5) is 5.69 Å². The van der Waals surface area contributed by atoms with E-state index in [2.05, 4.69) is 16.8 Å². The maximum atomic E-state index is 12.6. The maximum Gasteiger partial charge on any atom is 0.266 e. The molecule has 0 spiro atoms. The Morgan fingerprint density at radius 2 is 1.79 bits per heavy atom. The van der Waals surface area contributed by atoms with Crippen LogP contribution < -0.4 is 5.32 Å². The molecule has 4 nitrogen and oxygen atoms in total. The summed E-state index contributed by atoms with van der Waals surface area (Å²) >= 11 is 0. The lowest BCUT2D eigenvalue weighted by Gasteiger charge is -2.09. The van der Waals surface area contributed by atoms with Gasteiger partial charge in [0.05, 0.1) is 0 Å². The van der Waals surface area contributed by atoms with E-state index < -0.39 is 5.91 Å². The Hall–Kier alpha value is -3.58. The van der Waals surface area contributed by atoms with Gasteiger partial charge in [-0.15, -0.1) is 0 Å². The first kappa shape index (κ1) is 19.2. The topological polar surface area (TPSA) is 57.8 Å². The number of rotatable bonds is 5. The summed E-state index contributed by atoms with van der Waals surface area (Å²) in [5.74, 6) is -0.406. The molecule has 140 valence electrons. The Kier molecular flexibility index (Phi) is 5.76. The highest BCUT2D eigenvalue weighted by Gasteiger charge is 2.14. The van der Waals surface area contributed by atoms with Gasteiger partial charge >= 0.3 is 0 Å². The molecule has 28 heavy (non-hydrogen) atoms. The molecule has 0 atom stereocenters. The zero-order valence-electron chi connectivity index (χ0n) is 16.4. The third-order valence-corrected chi connectivity index (χ3v) is 4.77. The van der Waals surface area contributed by atoms with Crippen molar-refractivity contribution in [1.29, 1.82) is 5.26 Å². The molecule has 1 aromatic heterocycles. The number of nitrogens with one attached hydrogen (secondary N) is 1. The summed E-state index contributed by atoms with van der Waals surface area (Å²) in [6, 6.07) is 21.7. The Balaban J connectivity index is 1.88. The number of hydrogen-bond acceptors (Lipinski definition) is 2. The summed E-state index contributed by atoms with van der Waals surface area (Å²) in [6.07, 6.45) is 2.59. The van der Waals surface area contributed by atoms with E-state index in [1.54, 1.807) is 6.08 Å². The number of benzene rings is 2. The van der Waals surface area contributed by atoms with Gasteiger partial charge < -0.3 is 9.88 Å². The number of hydrogen-bond donors (Lipinski definition) is 1. The molecule has 1 amide bonds. The largest absolute Gasteiger partial charge is 0.321 e. The van der Waals surface area contributed by atoms with Crippen molar-refractivity contribution >= 4 is 17.7 Å². The molecule has 0 aliphatic heterocycles. The van der Waals surface area contributed by atoms with Crippen molar-refractivity contribution in [3.05, 3.63) is 88.8 Å². The molecular weight excluding hydrogens is 346 g/mol. The van der Waals surface area contributed by atoms with Gasteiger partial charge in [0.15, 0.2) is 0 Å². The molecule has 0 radical (unpaired) electrons. The van der Waals surface area contributed by atoms with Gasteiger partial charge in [-0.25, -0.2) is 0 Å². The van der Waals surface area contributed by atoms with Crippen molar-refractivity contribution in [2.75, 3.05) is 5.32 Å². The molecule has 0 saturated heterocycles. The number of nitrogens with zero attached hydrogens (tertiary/aromatic N) is 2.